The lowest BCUT2D eigenvalue weighted by Gasteiger charge is -1.89. The molecule has 1 aromatic heterocycles. The summed E-state index contributed by atoms with van der Waals surface area (Å²) in [6, 6.07) is 0. The summed E-state index contributed by atoms with van der Waals surface area (Å²) in [7, 11) is 0. The van der Waals surface area contributed by atoms with Crippen LogP contribution in [-0.2, 0) is 0 Å². The molecule has 0 aromatic carbocycles. The van der Waals surface area contributed by atoms with Gasteiger partial charge < -0.3 is 0 Å². The number of halogens is 1. The first-order chi connectivity index (χ1) is 5.25. The van der Waals surface area contributed by atoms with Gasteiger partial charge in [0.1, 0.15) is 0 Å². The first-order valence-corrected chi connectivity index (χ1v) is 4.03. The Morgan fingerprint density at radius 2 is 2.27 bits per heavy atom. The molecule has 3 heteroatoms. The number of aryl methyl sites for hydroxylation is 2. The van der Waals surface area contributed by atoms with Crippen LogP contribution in [0.5, 0.6) is 0 Å². The van der Waals surface area contributed by atoms with E-state index in [-0.39, 0.29) is 0 Å². The van der Waals surface area contributed by atoms with Gasteiger partial charge in [0, 0.05) is 17.1 Å². The molecule has 0 aliphatic rings. The number of rotatable bonds is 2. The summed E-state index contributed by atoms with van der Waals surface area (Å²) in [6.07, 6.45) is 3.90. The second kappa shape index (κ2) is 3.58. The average molecular weight is 171 g/mol. The quantitative estimate of drug-likeness (QED) is 0.678. The van der Waals surface area contributed by atoms with E-state index in [1.165, 1.54) is 0 Å². The summed E-state index contributed by atoms with van der Waals surface area (Å²) in [4.78, 5) is 0. The molecule has 0 saturated carbocycles. The fraction of sp³-hybridized carbons (Fsp3) is 0.375. The molecule has 0 aliphatic heterocycles. The molecule has 1 N–H and O–H groups in total. The highest BCUT2D eigenvalue weighted by Gasteiger charge is 2.00. The second-order valence-corrected chi connectivity index (χ2v) is 2.71. The third kappa shape index (κ3) is 1.84. The fourth-order valence-corrected chi connectivity index (χ4v) is 1.06. The third-order valence-electron chi connectivity index (χ3n) is 1.56. The van der Waals surface area contributed by atoms with Crippen LogP contribution < -0.4 is 0 Å². The Bertz CT molecular complexity index is 244. The maximum absolute atomic E-state index is 5.51. The van der Waals surface area contributed by atoms with Crippen molar-refractivity contribution in [1.29, 1.82) is 0 Å². The van der Waals surface area contributed by atoms with E-state index in [2.05, 4.69) is 10.2 Å². The zero-order chi connectivity index (χ0) is 8.27. The van der Waals surface area contributed by atoms with Gasteiger partial charge in [-0.1, -0.05) is 12.2 Å². The lowest BCUT2D eigenvalue weighted by atomic mass is 10.2. The van der Waals surface area contributed by atoms with E-state index >= 15 is 0 Å². The van der Waals surface area contributed by atoms with Crippen LogP contribution in [0.1, 0.15) is 17.0 Å². The fourth-order valence-electron chi connectivity index (χ4n) is 0.968. The predicted molar refractivity (Wildman–Crippen MR) is 47.8 cm³/mol. The number of hydrogen-bond donors (Lipinski definition) is 1. The van der Waals surface area contributed by atoms with Gasteiger partial charge in [-0.3, -0.25) is 5.10 Å². The Kier molecular flexibility index (Phi) is 2.71. The lowest BCUT2D eigenvalue weighted by Crippen LogP contribution is -1.76. The number of allylic oxidation sites excluding steroid dienone is 1. The summed E-state index contributed by atoms with van der Waals surface area (Å²) >= 11 is 5.51. The van der Waals surface area contributed by atoms with Crippen molar-refractivity contribution in [3.63, 3.8) is 0 Å². The van der Waals surface area contributed by atoms with Crippen molar-refractivity contribution in [1.82, 2.24) is 10.2 Å². The minimum Gasteiger partial charge on any atom is -0.282 e. The summed E-state index contributed by atoms with van der Waals surface area (Å²) in [5.74, 6) is 0.546. The van der Waals surface area contributed by atoms with E-state index in [9.17, 15) is 0 Å². The lowest BCUT2D eigenvalue weighted by molar-refractivity contribution is 1.02. The Balaban J connectivity index is 2.92. The van der Waals surface area contributed by atoms with Gasteiger partial charge in [0.2, 0.25) is 0 Å². The minimum absolute atomic E-state index is 0.546. The highest BCUT2D eigenvalue weighted by atomic mass is 35.5. The molecular weight excluding hydrogens is 160 g/mol. The molecule has 0 fully saturated rings. The van der Waals surface area contributed by atoms with Gasteiger partial charge in [-0.25, -0.2) is 0 Å². The minimum atomic E-state index is 0.546. The monoisotopic (exact) mass is 170 g/mol. The molecule has 60 valence electrons. The van der Waals surface area contributed by atoms with Crippen LogP contribution >= 0.6 is 11.6 Å². The molecule has 0 radical (unpaired) electrons. The van der Waals surface area contributed by atoms with Crippen LogP contribution in [0, 0.1) is 13.8 Å². The predicted octanol–water partition coefficient (Wildman–Crippen LogP) is 2.28. The smallest absolute Gasteiger partial charge is 0.0666 e. The Hall–Kier alpha value is -0.760. The molecule has 1 heterocycles. The van der Waals surface area contributed by atoms with Crippen molar-refractivity contribution < 1.29 is 0 Å². The second-order valence-electron chi connectivity index (χ2n) is 2.40. The highest BCUT2D eigenvalue weighted by Crippen LogP contribution is 2.10. The standard InChI is InChI=1S/C8H11ClN2/c1-6-8(4-3-5-9)7(2)11-10-6/h3-4H,5H2,1-2H3,(H,10,11). The third-order valence-corrected chi connectivity index (χ3v) is 1.74. The van der Waals surface area contributed by atoms with Gasteiger partial charge in [0.05, 0.1) is 5.69 Å². The molecule has 0 saturated heterocycles. The van der Waals surface area contributed by atoms with E-state index in [0.717, 1.165) is 17.0 Å². The van der Waals surface area contributed by atoms with E-state index in [1.54, 1.807) is 0 Å². The van der Waals surface area contributed by atoms with Crippen LogP contribution in [0.3, 0.4) is 0 Å². The molecule has 2 nitrogen and oxygen atoms in total. The molecule has 0 bridgehead atoms. The zero-order valence-corrected chi connectivity index (χ0v) is 7.44. The van der Waals surface area contributed by atoms with Crippen molar-refractivity contribution in [3.8, 4) is 0 Å². The molecule has 0 spiro atoms. The molecule has 0 aliphatic carbocycles. The van der Waals surface area contributed by atoms with Crippen molar-refractivity contribution in [2.24, 2.45) is 0 Å². The van der Waals surface area contributed by atoms with Gasteiger partial charge >= 0.3 is 0 Å². The van der Waals surface area contributed by atoms with Crippen LogP contribution in [0.15, 0.2) is 6.08 Å². The van der Waals surface area contributed by atoms with Crippen LogP contribution in [-0.4, -0.2) is 16.1 Å². The average Bonchev–Trinajstić information content (AvgIpc) is 2.29. The van der Waals surface area contributed by atoms with E-state index in [0.29, 0.717) is 5.88 Å². The maximum Gasteiger partial charge on any atom is 0.0666 e. The number of nitrogens with one attached hydrogen (secondary N) is 1. The van der Waals surface area contributed by atoms with Crippen molar-refractivity contribution in [3.05, 3.63) is 23.0 Å². The maximum atomic E-state index is 5.51. The molecule has 0 unspecified atom stereocenters. The Morgan fingerprint density at radius 1 is 1.55 bits per heavy atom. The number of aromatic amines is 1. The molecule has 0 amide bonds. The Morgan fingerprint density at radius 3 is 2.73 bits per heavy atom. The van der Waals surface area contributed by atoms with Gasteiger partial charge in [0.25, 0.3) is 0 Å². The van der Waals surface area contributed by atoms with Gasteiger partial charge in [-0.05, 0) is 13.8 Å². The molecule has 11 heavy (non-hydrogen) atoms. The highest BCUT2D eigenvalue weighted by molar-refractivity contribution is 6.19. The first-order valence-electron chi connectivity index (χ1n) is 3.49. The van der Waals surface area contributed by atoms with E-state index in [4.69, 9.17) is 11.6 Å². The van der Waals surface area contributed by atoms with Crippen LogP contribution in [0.25, 0.3) is 6.08 Å². The topological polar surface area (TPSA) is 28.7 Å². The van der Waals surface area contributed by atoms with Crippen LogP contribution in [0.4, 0.5) is 0 Å². The van der Waals surface area contributed by atoms with Gasteiger partial charge in [0.15, 0.2) is 0 Å². The molecule has 1 rings (SSSR count). The Labute approximate surface area is 71.3 Å². The van der Waals surface area contributed by atoms with Crippen molar-refractivity contribution in [2.75, 3.05) is 5.88 Å². The van der Waals surface area contributed by atoms with Crippen molar-refractivity contribution in [2.45, 2.75) is 13.8 Å². The summed E-state index contributed by atoms with van der Waals surface area (Å²) in [5, 5.41) is 6.95. The molecular formula is C8H11ClN2. The summed E-state index contributed by atoms with van der Waals surface area (Å²) < 4.78 is 0. The van der Waals surface area contributed by atoms with Crippen molar-refractivity contribution >= 4 is 17.7 Å². The summed E-state index contributed by atoms with van der Waals surface area (Å²) in [5.41, 5.74) is 3.25. The van der Waals surface area contributed by atoms with Crippen LogP contribution in [0.2, 0.25) is 0 Å². The van der Waals surface area contributed by atoms with Gasteiger partial charge in [-0.2, -0.15) is 5.10 Å². The largest absolute Gasteiger partial charge is 0.282 e. The number of aromatic nitrogens is 2. The van der Waals surface area contributed by atoms with Gasteiger partial charge in [-0.15, -0.1) is 11.6 Å². The van der Waals surface area contributed by atoms with E-state index in [1.807, 2.05) is 26.0 Å². The number of H-pyrrole nitrogens is 1. The van der Waals surface area contributed by atoms with E-state index < -0.39 is 0 Å². The number of nitrogens with zero attached hydrogens (tertiary/aromatic N) is 1. The summed E-state index contributed by atoms with van der Waals surface area (Å²) in [6.45, 7) is 3.96. The molecule has 1 aromatic rings. The number of hydrogen-bond acceptors (Lipinski definition) is 1. The number of alkyl halides is 1. The zero-order valence-electron chi connectivity index (χ0n) is 6.69. The first kappa shape index (κ1) is 8.34. The normalized spacial score (nSPS) is 11.2. The molecule has 0 atom stereocenters. The SMILES string of the molecule is Cc1n[nH]c(C)c1C=CCCl.